The zero-order valence-corrected chi connectivity index (χ0v) is 14.0. The van der Waals surface area contributed by atoms with Crippen molar-refractivity contribution in [2.75, 3.05) is 5.32 Å². The number of amides is 1. The van der Waals surface area contributed by atoms with E-state index in [0.29, 0.717) is 12.2 Å². The summed E-state index contributed by atoms with van der Waals surface area (Å²) in [6.07, 6.45) is 0. The number of aryl methyl sites for hydroxylation is 1. The second-order valence-electron chi connectivity index (χ2n) is 6.08. The number of aromatic nitrogens is 4. The predicted octanol–water partition coefficient (Wildman–Crippen LogP) is 3.29. The third kappa shape index (κ3) is 2.82. The molecule has 2 aromatic heterocycles. The van der Waals surface area contributed by atoms with Crippen LogP contribution in [0.25, 0.3) is 22.1 Å². The Labute approximate surface area is 144 Å². The number of carbonyl (C=O) groups excluding carboxylic acids is 1. The van der Waals surface area contributed by atoms with Crippen LogP contribution >= 0.6 is 0 Å². The molecule has 0 radical (unpaired) electrons. The average molecular weight is 331 g/mol. The minimum absolute atomic E-state index is 0.217. The van der Waals surface area contributed by atoms with Crippen molar-refractivity contribution < 1.29 is 4.79 Å². The van der Waals surface area contributed by atoms with Crippen molar-refractivity contribution in [3.05, 3.63) is 59.7 Å². The molecule has 2 aromatic carbocycles. The molecule has 1 amide bonds. The Morgan fingerprint density at radius 3 is 2.68 bits per heavy atom. The topological polar surface area (TPSA) is 72.7 Å². The van der Waals surface area contributed by atoms with E-state index in [0.717, 1.165) is 22.0 Å². The zero-order chi connectivity index (χ0) is 17.4. The Hall–Kier alpha value is -3.28. The standard InChI is InChI=1S/C19H17N5O/c1-12-8-9-16-15(10-12)17-18(21-19(23-22-17)20-13(2)25)24(16)11-14-6-4-3-5-7-14/h3-10H,11H2,1-2H3,(H,20,21,23,25). The van der Waals surface area contributed by atoms with E-state index < -0.39 is 0 Å². The summed E-state index contributed by atoms with van der Waals surface area (Å²) in [4.78, 5) is 15.9. The molecule has 124 valence electrons. The summed E-state index contributed by atoms with van der Waals surface area (Å²) in [6, 6.07) is 16.4. The van der Waals surface area contributed by atoms with Crippen LogP contribution in [-0.4, -0.2) is 25.7 Å². The summed E-state index contributed by atoms with van der Waals surface area (Å²) in [7, 11) is 0. The first-order valence-electron chi connectivity index (χ1n) is 8.06. The van der Waals surface area contributed by atoms with Crippen LogP contribution < -0.4 is 5.32 Å². The normalized spacial score (nSPS) is 11.1. The third-order valence-electron chi connectivity index (χ3n) is 4.09. The molecule has 0 aliphatic rings. The minimum Gasteiger partial charge on any atom is -0.319 e. The van der Waals surface area contributed by atoms with Crippen LogP contribution in [-0.2, 0) is 11.3 Å². The molecule has 1 N–H and O–H groups in total. The van der Waals surface area contributed by atoms with E-state index >= 15 is 0 Å². The maximum Gasteiger partial charge on any atom is 0.251 e. The van der Waals surface area contributed by atoms with Gasteiger partial charge in [0.2, 0.25) is 5.91 Å². The summed E-state index contributed by atoms with van der Waals surface area (Å²) in [5.41, 5.74) is 4.82. The van der Waals surface area contributed by atoms with Gasteiger partial charge in [0.25, 0.3) is 5.95 Å². The van der Waals surface area contributed by atoms with Gasteiger partial charge in [0.15, 0.2) is 5.65 Å². The lowest BCUT2D eigenvalue weighted by molar-refractivity contribution is -0.114. The van der Waals surface area contributed by atoms with Gasteiger partial charge in [0.05, 0.1) is 5.52 Å². The van der Waals surface area contributed by atoms with E-state index in [2.05, 4.69) is 55.4 Å². The first-order chi connectivity index (χ1) is 12.1. The molecule has 0 unspecified atom stereocenters. The molecule has 6 nitrogen and oxygen atoms in total. The van der Waals surface area contributed by atoms with Crippen molar-refractivity contribution >= 4 is 33.9 Å². The van der Waals surface area contributed by atoms with Gasteiger partial charge in [-0.3, -0.25) is 10.1 Å². The molecule has 0 fully saturated rings. The number of benzene rings is 2. The monoisotopic (exact) mass is 331 g/mol. The van der Waals surface area contributed by atoms with Gasteiger partial charge in [-0.15, -0.1) is 10.2 Å². The first kappa shape index (κ1) is 15.3. The molecule has 25 heavy (non-hydrogen) atoms. The maximum atomic E-state index is 11.3. The van der Waals surface area contributed by atoms with Gasteiger partial charge < -0.3 is 4.57 Å². The molecule has 0 spiro atoms. The average Bonchev–Trinajstić information content (AvgIpc) is 2.88. The Kier molecular flexibility index (Phi) is 3.65. The third-order valence-corrected chi connectivity index (χ3v) is 4.09. The van der Waals surface area contributed by atoms with Gasteiger partial charge in [-0.25, -0.2) is 0 Å². The molecule has 2 heterocycles. The molecule has 6 heteroatoms. The molecular formula is C19H17N5O. The van der Waals surface area contributed by atoms with Crippen LogP contribution in [0, 0.1) is 6.92 Å². The zero-order valence-electron chi connectivity index (χ0n) is 14.0. The highest BCUT2D eigenvalue weighted by atomic mass is 16.1. The summed E-state index contributed by atoms with van der Waals surface area (Å²) < 4.78 is 2.11. The largest absolute Gasteiger partial charge is 0.319 e. The quantitative estimate of drug-likeness (QED) is 0.625. The molecule has 0 saturated carbocycles. The molecule has 0 aliphatic carbocycles. The van der Waals surface area contributed by atoms with E-state index in [1.54, 1.807) is 0 Å². The number of rotatable bonds is 3. The Bertz CT molecular complexity index is 1090. The number of hydrogen-bond acceptors (Lipinski definition) is 4. The lowest BCUT2D eigenvalue weighted by atomic mass is 10.1. The Morgan fingerprint density at radius 2 is 1.92 bits per heavy atom. The smallest absolute Gasteiger partial charge is 0.251 e. The van der Waals surface area contributed by atoms with Crippen LogP contribution in [0.5, 0.6) is 0 Å². The van der Waals surface area contributed by atoms with Gasteiger partial charge in [-0.05, 0) is 24.6 Å². The number of nitrogens with zero attached hydrogens (tertiary/aromatic N) is 4. The van der Waals surface area contributed by atoms with E-state index in [9.17, 15) is 4.79 Å². The molecule has 4 rings (SSSR count). The molecule has 4 aromatic rings. The highest BCUT2D eigenvalue weighted by molar-refractivity contribution is 6.04. The fourth-order valence-corrected chi connectivity index (χ4v) is 3.01. The van der Waals surface area contributed by atoms with E-state index in [1.807, 2.05) is 25.1 Å². The van der Waals surface area contributed by atoms with Crippen LogP contribution in [0.15, 0.2) is 48.5 Å². The number of hydrogen-bond donors (Lipinski definition) is 1. The summed E-state index contributed by atoms with van der Waals surface area (Å²) in [6.45, 7) is 4.14. The lowest BCUT2D eigenvalue weighted by Crippen LogP contribution is -2.11. The number of carbonyl (C=O) groups is 1. The van der Waals surface area contributed by atoms with Crippen molar-refractivity contribution in [2.45, 2.75) is 20.4 Å². The van der Waals surface area contributed by atoms with Gasteiger partial charge in [-0.2, -0.15) is 4.98 Å². The number of nitrogens with one attached hydrogen (secondary N) is 1. The van der Waals surface area contributed by atoms with Crippen LogP contribution in [0.4, 0.5) is 5.95 Å². The number of anilines is 1. The van der Waals surface area contributed by atoms with Crippen LogP contribution in [0.1, 0.15) is 18.1 Å². The summed E-state index contributed by atoms with van der Waals surface area (Å²) >= 11 is 0. The maximum absolute atomic E-state index is 11.3. The molecule has 0 atom stereocenters. The van der Waals surface area contributed by atoms with Gasteiger partial charge in [-0.1, -0.05) is 42.0 Å². The fraction of sp³-hybridized carbons (Fsp3) is 0.158. The van der Waals surface area contributed by atoms with E-state index in [4.69, 9.17) is 0 Å². The SMILES string of the molecule is CC(=O)Nc1nnc2c3cc(C)ccc3n(Cc3ccccc3)c2n1. The fourth-order valence-electron chi connectivity index (χ4n) is 3.01. The van der Waals surface area contributed by atoms with Gasteiger partial charge >= 0.3 is 0 Å². The van der Waals surface area contributed by atoms with Gasteiger partial charge in [0.1, 0.15) is 5.52 Å². The molecule has 0 bridgehead atoms. The van der Waals surface area contributed by atoms with Crippen molar-refractivity contribution in [1.82, 2.24) is 19.7 Å². The minimum atomic E-state index is -0.220. The molecule has 0 aliphatic heterocycles. The van der Waals surface area contributed by atoms with Crippen molar-refractivity contribution in [1.29, 1.82) is 0 Å². The van der Waals surface area contributed by atoms with Gasteiger partial charge in [0, 0.05) is 18.9 Å². The summed E-state index contributed by atoms with van der Waals surface area (Å²) in [5, 5.41) is 12.0. The second kappa shape index (κ2) is 5.98. The van der Waals surface area contributed by atoms with E-state index in [-0.39, 0.29) is 11.9 Å². The van der Waals surface area contributed by atoms with E-state index in [1.165, 1.54) is 12.5 Å². The molecule has 0 saturated heterocycles. The summed E-state index contributed by atoms with van der Waals surface area (Å²) in [5.74, 6) is -0.00319. The molecular weight excluding hydrogens is 314 g/mol. The van der Waals surface area contributed by atoms with Crippen LogP contribution in [0.2, 0.25) is 0 Å². The second-order valence-corrected chi connectivity index (χ2v) is 6.08. The van der Waals surface area contributed by atoms with Crippen molar-refractivity contribution in [2.24, 2.45) is 0 Å². The predicted molar refractivity (Wildman–Crippen MR) is 97.4 cm³/mol. The van der Waals surface area contributed by atoms with Crippen molar-refractivity contribution in [3.63, 3.8) is 0 Å². The first-order valence-corrected chi connectivity index (χ1v) is 8.06. The van der Waals surface area contributed by atoms with Crippen molar-refractivity contribution in [3.8, 4) is 0 Å². The Balaban J connectivity index is 1.96. The highest BCUT2D eigenvalue weighted by Crippen LogP contribution is 2.28. The Morgan fingerprint density at radius 1 is 1.12 bits per heavy atom. The number of fused-ring (bicyclic) bond motifs is 3. The van der Waals surface area contributed by atoms with Crippen LogP contribution in [0.3, 0.4) is 0 Å². The lowest BCUT2D eigenvalue weighted by Gasteiger charge is -2.07. The highest BCUT2D eigenvalue weighted by Gasteiger charge is 2.15.